The van der Waals surface area contributed by atoms with Crippen molar-refractivity contribution in [3.8, 4) is 11.5 Å². The van der Waals surface area contributed by atoms with E-state index in [-0.39, 0.29) is 12.4 Å². The predicted molar refractivity (Wildman–Crippen MR) is 78.8 cm³/mol. The minimum atomic E-state index is -0.550. The molecular formula is C17H16O4. The van der Waals surface area contributed by atoms with Crippen LogP contribution in [0.5, 0.6) is 11.5 Å². The number of esters is 1. The number of hydrogen-bond donors (Lipinski definition) is 0. The molecule has 0 unspecified atom stereocenters. The van der Waals surface area contributed by atoms with Gasteiger partial charge in [0, 0.05) is 0 Å². The molecule has 4 heteroatoms. The number of aldehydes is 1. The lowest BCUT2D eigenvalue weighted by Crippen LogP contribution is -2.18. The fourth-order valence-electron chi connectivity index (χ4n) is 1.82. The lowest BCUT2D eigenvalue weighted by Gasteiger charge is -2.08. The minimum Gasteiger partial charge on any atom is -0.482 e. The third kappa shape index (κ3) is 4.18. The number of carbonyl (C=O) groups is 2. The van der Waals surface area contributed by atoms with Crippen molar-refractivity contribution in [2.45, 2.75) is 13.3 Å². The van der Waals surface area contributed by atoms with Crippen molar-refractivity contribution in [3.63, 3.8) is 0 Å². The van der Waals surface area contributed by atoms with Crippen molar-refractivity contribution in [1.29, 1.82) is 0 Å². The van der Waals surface area contributed by atoms with E-state index in [0.717, 1.165) is 12.0 Å². The quantitative estimate of drug-likeness (QED) is 0.465. The first-order valence-electron chi connectivity index (χ1n) is 6.69. The third-order valence-corrected chi connectivity index (χ3v) is 2.93. The molecule has 21 heavy (non-hydrogen) atoms. The standard InChI is InChI=1S/C17H16O4/c1-2-13-6-5-8-15(10-13)20-12-17(19)21-16-9-4-3-7-14(16)11-18/h3-11H,2,12H2,1H3. The summed E-state index contributed by atoms with van der Waals surface area (Å²) >= 11 is 0. The summed E-state index contributed by atoms with van der Waals surface area (Å²) in [6, 6.07) is 14.1. The Hall–Kier alpha value is -2.62. The lowest BCUT2D eigenvalue weighted by atomic mass is 10.2. The number of rotatable bonds is 6. The van der Waals surface area contributed by atoms with Crippen molar-refractivity contribution in [2.75, 3.05) is 6.61 Å². The Bertz CT molecular complexity index is 634. The summed E-state index contributed by atoms with van der Waals surface area (Å²) in [6.07, 6.45) is 1.54. The smallest absolute Gasteiger partial charge is 0.349 e. The maximum Gasteiger partial charge on any atom is 0.349 e. The molecule has 0 atom stereocenters. The van der Waals surface area contributed by atoms with Crippen LogP contribution in [0.4, 0.5) is 0 Å². The maximum absolute atomic E-state index is 11.7. The van der Waals surface area contributed by atoms with Crippen LogP contribution < -0.4 is 9.47 Å². The number of para-hydroxylation sites is 1. The second kappa shape index (κ2) is 7.24. The van der Waals surface area contributed by atoms with Gasteiger partial charge < -0.3 is 9.47 Å². The zero-order valence-corrected chi connectivity index (χ0v) is 11.7. The van der Waals surface area contributed by atoms with Gasteiger partial charge in [0.05, 0.1) is 5.56 Å². The van der Waals surface area contributed by atoms with E-state index in [4.69, 9.17) is 9.47 Å². The fourth-order valence-corrected chi connectivity index (χ4v) is 1.82. The van der Waals surface area contributed by atoms with Crippen LogP contribution in [0, 0.1) is 0 Å². The summed E-state index contributed by atoms with van der Waals surface area (Å²) in [4.78, 5) is 22.6. The Kier molecular flexibility index (Phi) is 5.10. The summed E-state index contributed by atoms with van der Waals surface area (Å²) in [6.45, 7) is 1.84. The highest BCUT2D eigenvalue weighted by Gasteiger charge is 2.09. The molecule has 0 N–H and O–H groups in total. The molecule has 0 fully saturated rings. The molecule has 0 aliphatic heterocycles. The highest BCUT2D eigenvalue weighted by molar-refractivity contribution is 5.82. The van der Waals surface area contributed by atoms with Crippen molar-refractivity contribution >= 4 is 12.3 Å². The third-order valence-electron chi connectivity index (χ3n) is 2.93. The highest BCUT2D eigenvalue weighted by atomic mass is 16.6. The molecule has 108 valence electrons. The van der Waals surface area contributed by atoms with E-state index < -0.39 is 5.97 Å². The molecule has 0 radical (unpaired) electrons. The van der Waals surface area contributed by atoms with Crippen LogP contribution in [0.25, 0.3) is 0 Å². The van der Waals surface area contributed by atoms with Gasteiger partial charge in [0.2, 0.25) is 0 Å². The van der Waals surface area contributed by atoms with Crippen LogP contribution >= 0.6 is 0 Å². The number of aryl methyl sites for hydroxylation is 1. The topological polar surface area (TPSA) is 52.6 Å². The molecular weight excluding hydrogens is 268 g/mol. The number of carbonyl (C=O) groups excluding carboxylic acids is 2. The molecule has 2 aromatic rings. The van der Waals surface area contributed by atoms with Crippen LogP contribution in [0.15, 0.2) is 48.5 Å². The average Bonchev–Trinajstić information content (AvgIpc) is 2.53. The lowest BCUT2D eigenvalue weighted by molar-refractivity contribution is -0.136. The first-order chi connectivity index (χ1) is 10.2. The van der Waals surface area contributed by atoms with Gasteiger partial charge in [-0.3, -0.25) is 4.79 Å². The van der Waals surface area contributed by atoms with Gasteiger partial charge in [0.15, 0.2) is 12.9 Å². The molecule has 0 heterocycles. The Morgan fingerprint density at radius 2 is 1.95 bits per heavy atom. The summed E-state index contributed by atoms with van der Waals surface area (Å²) < 4.78 is 10.5. The van der Waals surface area contributed by atoms with Gasteiger partial charge in [-0.25, -0.2) is 4.79 Å². The molecule has 0 aromatic heterocycles. The van der Waals surface area contributed by atoms with E-state index in [1.165, 1.54) is 0 Å². The van der Waals surface area contributed by atoms with Crippen LogP contribution in [0.2, 0.25) is 0 Å². The van der Waals surface area contributed by atoms with Crippen LogP contribution in [-0.2, 0) is 11.2 Å². The van der Waals surface area contributed by atoms with E-state index in [2.05, 4.69) is 0 Å². The molecule has 0 aliphatic carbocycles. The molecule has 0 spiro atoms. The largest absolute Gasteiger partial charge is 0.482 e. The van der Waals surface area contributed by atoms with E-state index in [9.17, 15) is 9.59 Å². The molecule has 0 amide bonds. The highest BCUT2D eigenvalue weighted by Crippen LogP contribution is 2.17. The Balaban J connectivity index is 1.94. The van der Waals surface area contributed by atoms with Crippen LogP contribution in [-0.4, -0.2) is 18.9 Å². The van der Waals surface area contributed by atoms with Gasteiger partial charge >= 0.3 is 5.97 Å². The Morgan fingerprint density at radius 1 is 1.14 bits per heavy atom. The molecule has 0 saturated heterocycles. The molecule has 4 nitrogen and oxygen atoms in total. The summed E-state index contributed by atoms with van der Waals surface area (Å²) in [7, 11) is 0. The molecule has 2 rings (SSSR count). The summed E-state index contributed by atoms with van der Waals surface area (Å²) in [5, 5.41) is 0. The molecule has 2 aromatic carbocycles. The number of ether oxygens (including phenoxy) is 2. The monoisotopic (exact) mass is 284 g/mol. The van der Waals surface area contributed by atoms with Gasteiger partial charge in [-0.05, 0) is 36.2 Å². The van der Waals surface area contributed by atoms with Crippen molar-refractivity contribution in [1.82, 2.24) is 0 Å². The minimum absolute atomic E-state index is 0.208. The zero-order valence-electron chi connectivity index (χ0n) is 11.7. The normalized spacial score (nSPS) is 9.95. The predicted octanol–water partition coefficient (Wildman–Crippen LogP) is 3.05. The van der Waals surface area contributed by atoms with Gasteiger partial charge in [-0.1, -0.05) is 31.2 Å². The van der Waals surface area contributed by atoms with E-state index in [0.29, 0.717) is 17.6 Å². The average molecular weight is 284 g/mol. The second-order valence-corrected chi connectivity index (χ2v) is 4.42. The Labute approximate surface area is 123 Å². The maximum atomic E-state index is 11.7. The van der Waals surface area contributed by atoms with Gasteiger partial charge in [-0.15, -0.1) is 0 Å². The van der Waals surface area contributed by atoms with E-state index >= 15 is 0 Å². The van der Waals surface area contributed by atoms with E-state index in [1.54, 1.807) is 30.3 Å². The first-order valence-corrected chi connectivity index (χ1v) is 6.69. The van der Waals surface area contributed by atoms with Crippen molar-refractivity contribution < 1.29 is 19.1 Å². The molecule has 0 aliphatic rings. The molecule has 0 bridgehead atoms. The van der Waals surface area contributed by atoms with Crippen molar-refractivity contribution in [2.24, 2.45) is 0 Å². The van der Waals surface area contributed by atoms with Gasteiger partial charge in [0.25, 0.3) is 0 Å². The van der Waals surface area contributed by atoms with E-state index in [1.807, 2.05) is 25.1 Å². The van der Waals surface area contributed by atoms with Gasteiger partial charge in [0.1, 0.15) is 11.5 Å². The summed E-state index contributed by atoms with van der Waals surface area (Å²) in [5.74, 6) is 0.310. The second-order valence-electron chi connectivity index (χ2n) is 4.42. The number of benzene rings is 2. The SMILES string of the molecule is CCc1cccc(OCC(=O)Oc2ccccc2C=O)c1. The van der Waals surface area contributed by atoms with Crippen molar-refractivity contribution in [3.05, 3.63) is 59.7 Å². The molecule has 0 saturated carbocycles. The first kappa shape index (κ1) is 14.8. The van der Waals surface area contributed by atoms with Crippen LogP contribution in [0.3, 0.4) is 0 Å². The number of hydrogen-bond acceptors (Lipinski definition) is 4. The fraction of sp³-hybridized carbons (Fsp3) is 0.176. The Morgan fingerprint density at radius 3 is 2.71 bits per heavy atom. The van der Waals surface area contributed by atoms with Crippen LogP contribution in [0.1, 0.15) is 22.8 Å². The zero-order chi connectivity index (χ0) is 15.1. The summed E-state index contributed by atoms with van der Waals surface area (Å²) in [5.41, 5.74) is 1.46. The van der Waals surface area contributed by atoms with Gasteiger partial charge in [-0.2, -0.15) is 0 Å².